The lowest BCUT2D eigenvalue weighted by atomic mass is 10.2. The molecule has 2 aromatic rings. The Balaban J connectivity index is 2.08. The normalized spacial score (nSPS) is 10.5. The van der Waals surface area contributed by atoms with Crippen LogP contribution in [0.4, 0.5) is 5.69 Å². The third-order valence-electron chi connectivity index (χ3n) is 2.65. The first-order valence-corrected chi connectivity index (χ1v) is 6.44. The molecule has 1 N–H and O–H groups in total. The predicted molar refractivity (Wildman–Crippen MR) is 82.1 cm³/mol. The molecule has 4 heteroatoms. The lowest BCUT2D eigenvalue weighted by Gasteiger charge is -2.08. The third kappa shape index (κ3) is 3.87. The molecule has 20 heavy (non-hydrogen) atoms. The quantitative estimate of drug-likeness (QED) is 0.863. The monoisotopic (exact) mass is 287 g/mol. The summed E-state index contributed by atoms with van der Waals surface area (Å²) in [6, 6.07) is 14.7. The van der Waals surface area contributed by atoms with Gasteiger partial charge in [-0.25, -0.2) is 0 Å². The molecule has 0 unspecified atom stereocenters. The summed E-state index contributed by atoms with van der Waals surface area (Å²) in [7, 11) is 1.54. The lowest BCUT2D eigenvalue weighted by molar-refractivity contribution is -0.111. The summed E-state index contributed by atoms with van der Waals surface area (Å²) in [6.07, 6.45) is 3.21. The summed E-state index contributed by atoms with van der Waals surface area (Å²) in [6.45, 7) is 0. The van der Waals surface area contributed by atoms with Gasteiger partial charge in [-0.3, -0.25) is 4.79 Å². The van der Waals surface area contributed by atoms with Gasteiger partial charge in [0.1, 0.15) is 5.75 Å². The van der Waals surface area contributed by atoms with Crippen molar-refractivity contribution in [2.75, 3.05) is 12.4 Å². The van der Waals surface area contributed by atoms with Gasteiger partial charge < -0.3 is 10.1 Å². The average Bonchev–Trinajstić information content (AvgIpc) is 2.46. The van der Waals surface area contributed by atoms with Crippen molar-refractivity contribution in [1.82, 2.24) is 0 Å². The van der Waals surface area contributed by atoms with Crippen LogP contribution in [-0.4, -0.2) is 13.0 Å². The summed E-state index contributed by atoms with van der Waals surface area (Å²) >= 11 is 5.91. The predicted octanol–water partition coefficient (Wildman–Crippen LogP) is 4.00. The maximum Gasteiger partial charge on any atom is 0.248 e. The molecule has 2 rings (SSSR count). The van der Waals surface area contributed by atoms with Crippen molar-refractivity contribution in [2.45, 2.75) is 0 Å². The van der Waals surface area contributed by atoms with E-state index in [2.05, 4.69) is 5.32 Å². The fourth-order valence-electron chi connectivity index (χ4n) is 1.69. The highest BCUT2D eigenvalue weighted by Crippen LogP contribution is 2.27. The van der Waals surface area contributed by atoms with Crippen LogP contribution >= 0.6 is 11.6 Å². The topological polar surface area (TPSA) is 38.3 Å². The zero-order valence-corrected chi connectivity index (χ0v) is 11.7. The number of carbonyl (C=O) groups excluding carboxylic acids is 1. The second kappa shape index (κ2) is 6.78. The maximum absolute atomic E-state index is 11.9. The van der Waals surface area contributed by atoms with E-state index in [9.17, 15) is 4.79 Å². The highest BCUT2D eigenvalue weighted by Gasteiger charge is 2.06. The largest absolute Gasteiger partial charge is 0.495 e. The van der Waals surface area contributed by atoms with Crippen molar-refractivity contribution < 1.29 is 9.53 Å². The number of ether oxygens (including phenoxy) is 1. The molecule has 0 fully saturated rings. The first-order chi connectivity index (χ1) is 9.69. The SMILES string of the molecule is COc1ccc(Cl)cc1NC(=O)C=Cc1ccccc1. The number of anilines is 1. The number of hydrogen-bond donors (Lipinski definition) is 1. The third-order valence-corrected chi connectivity index (χ3v) is 2.88. The molecule has 0 atom stereocenters. The number of carbonyl (C=O) groups is 1. The van der Waals surface area contributed by atoms with Gasteiger partial charge in [-0.05, 0) is 29.8 Å². The van der Waals surface area contributed by atoms with Crippen molar-refractivity contribution in [1.29, 1.82) is 0 Å². The molecule has 0 spiro atoms. The average molecular weight is 288 g/mol. The van der Waals surface area contributed by atoms with E-state index in [0.29, 0.717) is 16.5 Å². The minimum atomic E-state index is -0.241. The van der Waals surface area contributed by atoms with Crippen LogP contribution in [0.25, 0.3) is 6.08 Å². The van der Waals surface area contributed by atoms with E-state index < -0.39 is 0 Å². The number of hydrogen-bond acceptors (Lipinski definition) is 2. The molecule has 0 aliphatic rings. The van der Waals surface area contributed by atoms with Crippen LogP contribution in [0.3, 0.4) is 0 Å². The minimum absolute atomic E-state index is 0.241. The Morgan fingerprint density at radius 3 is 2.65 bits per heavy atom. The standard InChI is InChI=1S/C16H14ClNO2/c1-20-15-9-8-13(17)11-14(15)18-16(19)10-7-12-5-3-2-4-6-12/h2-11H,1H3,(H,18,19). The van der Waals surface area contributed by atoms with Crippen LogP contribution in [-0.2, 0) is 4.79 Å². The van der Waals surface area contributed by atoms with Gasteiger partial charge in [0.25, 0.3) is 0 Å². The number of nitrogens with one attached hydrogen (secondary N) is 1. The zero-order chi connectivity index (χ0) is 14.4. The van der Waals surface area contributed by atoms with E-state index in [1.165, 1.54) is 6.08 Å². The van der Waals surface area contributed by atoms with E-state index in [0.717, 1.165) is 5.56 Å². The Hall–Kier alpha value is -2.26. The molecule has 0 aromatic heterocycles. The highest BCUT2D eigenvalue weighted by atomic mass is 35.5. The first kappa shape index (κ1) is 14.2. The van der Waals surface area contributed by atoms with Crippen LogP contribution < -0.4 is 10.1 Å². The highest BCUT2D eigenvalue weighted by molar-refractivity contribution is 6.31. The van der Waals surface area contributed by atoms with Crippen LogP contribution in [0, 0.1) is 0 Å². The molecule has 102 valence electrons. The van der Waals surface area contributed by atoms with E-state index in [-0.39, 0.29) is 5.91 Å². The minimum Gasteiger partial charge on any atom is -0.495 e. The van der Waals surface area contributed by atoms with Gasteiger partial charge in [-0.2, -0.15) is 0 Å². The second-order valence-corrected chi connectivity index (χ2v) is 4.51. The molecule has 3 nitrogen and oxygen atoms in total. The van der Waals surface area contributed by atoms with Gasteiger partial charge in [0.2, 0.25) is 5.91 Å². The van der Waals surface area contributed by atoms with Crippen molar-refractivity contribution in [3.05, 3.63) is 65.2 Å². The molecular weight excluding hydrogens is 274 g/mol. The summed E-state index contributed by atoms with van der Waals surface area (Å²) in [4.78, 5) is 11.9. The Morgan fingerprint density at radius 1 is 1.20 bits per heavy atom. The van der Waals surface area contributed by atoms with Gasteiger partial charge in [-0.1, -0.05) is 41.9 Å². The van der Waals surface area contributed by atoms with Crippen molar-refractivity contribution in [3.63, 3.8) is 0 Å². The summed E-state index contributed by atoms with van der Waals surface area (Å²) < 4.78 is 5.17. The van der Waals surface area contributed by atoms with Crippen LogP contribution in [0.2, 0.25) is 5.02 Å². The molecule has 0 saturated carbocycles. The fourth-order valence-corrected chi connectivity index (χ4v) is 1.86. The molecular formula is C16H14ClNO2. The van der Waals surface area contributed by atoms with Crippen molar-refractivity contribution >= 4 is 29.3 Å². The molecule has 0 heterocycles. The van der Waals surface area contributed by atoms with E-state index in [4.69, 9.17) is 16.3 Å². The summed E-state index contributed by atoms with van der Waals surface area (Å²) in [5.74, 6) is 0.324. The molecule has 0 radical (unpaired) electrons. The zero-order valence-electron chi connectivity index (χ0n) is 11.0. The number of halogens is 1. The van der Waals surface area contributed by atoms with E-state index >= 15 is 0 Å². The van der Waals surface area contributed by atoms with Gasteiger partial charge >= 0.3 is 0 Å². The van der Waals surface area contributed by atoms with Gasteiger partial charge in [0.15, 0.2) is 0 Å². The Labute approximate surface area is 122 Å². The Morgan fingerprint density at radius 2 is 1.95 bits per heavy atom. The molecule has 0 bridgehead atoms. The molecule has 0 aliphatic heterocycles. The van der Waals surface area contributed by atoms with Crippen LogP contribution in [0.15, 0.2) is 54.6 Å². The van der Waals surface area contributed by atoms with Crippen LogP contribution in [0.5, 0.6) is 5.75 Å². The van der Waals surface area contributed by atoms with Crippen molar-refractivity contribution in [2.24, 2.45) is 0 Å². The maximum atomic E-state index is 11.9. The Kier molecular flexibility index (Phi) is 4.80. The number of benzene rings is 2. The smallest absolute Gasteiger partial charge is 0.248 e. The van der Waals surface area contributed by atoms with Crippen molar-refractivity contribution in [3.8, 4) is 5.75 Å². The lowest BCUT2D eigenvalue weighted by Crippen LogP contribution is -2.08. The number of amides is 1. The van der Waals surface area contributed by atoms with E-state index in [1.54, 1.807) is 31.4 Å². The Bertz CT molecular complexity index is 624. The second-order valence-electron chi connectivity index (χ2n) is 4.08. The van der Waals surface area contributed by atoms with E-state index in [1.807, 2.05) is 30.3 Å². The summed E-state index contributed by atoms with van der Waals surface area (Å²) in [5, 5.41) is 3.27. The first-order valence-electron chi connectivity index (χ1n) is 6.06. The molecule has 2 aromatic carbocycles. The number of methoxy groups -OCH3 is 1. The molecule has 0 saturated heterocycles. The molecule has 0 aliphatic carbocycles. The summed E-state index contributed by atoms with van der Waals surface area (Å²) in [5.41, 5.74) is 1.50. The van der Waals surface area contributed by atoms with Gasteiger partial charge in [0, 0.05) is 11.1 Å². The van der Waals surface area contributed by atoms with Crippen LogP contribution in [0.1, 0.15) is 5.56 Å². The van der Waals surface area contributed by atoms with Gasteiger partial charge in [-0.15, -0.1) is 0 Å². The number of rotatable bonds is 4. The fraction of sp³-hybridized carbons (Fsp3) is 0.0625. The van der Waals surface area contributed by atoms with Gasteiger partial charge in [0.05, 0.1) is 12.8 Å². The molecule has 1 amide bonds.